The average molecular weight is 323 g/mol. The fourth-order valence-corrected chi connectivity index (χ4v) is 3.98. The zero-order valence-corrected chi connectivity index (χ0v) is 15.6. The summed E-state index contributed by atoms with van der Waals surface area (Å²) in [5, 5.41) is 0. The van der Waals surface area contributed by atoms with Gasteiger partial charge < -0.3 is 16.9 Å². The predicted molar refractivity (Wildman–Crippen MR) is 89.6 cm³/mol. The molecule has 3 heteroatoms. The minimum atomic E-state index is 0. The van der Waals surface area contributed by atoms with Gasteiger partial charge in [0.25, 0.3) is 0 Å². The van der Waals surface area contributed by atoms with Crippen molar-refractivity contribution in [3.05, 3.63) is 34.4 Å². The molecule has 0 radical (unpaired) electrons. The molecule has 2 nitrogen and oxygen atoms in total. The van der Waals surface area contributed by atoms with Crippen LogP contribution in [0.1, 0.15) is 43.0 Å². The van der Waals surface area contributed by atoms with Crippen LogP contribution in [0.15, 0.2) is 12.1 Å². The van der Waals surface area contributed by atoms with E-state index in [1.165, 1.54) is 67.0 Å². The van der Waals surface area contributed by atoms with E-state index in [2.05, 4.69) is 51.7 Å². The van der Waals surface area contributed by atoms with Gasteiger partial charge in [-0.2, -0.15) is 0 Å². The summed E-state index contributed by atoms with van der Waals surface area (Å²) in [6, 6.07) is 4.86. The Balaban J connectivity index is 0.00000176. The van der Waals surface area contributed by atoms with Gasteiger partial charge in [-0.05, 0) is 36.0 Å². The molecule has 4 rings (SSSR count). The van der Waals surface area contributed by atoms with Crippen LogP contribution in [0, 0.1) is 13.8 Å². The normalized spacial score (nSPS) is 27.6. The Morgan fingerprint density at radius 2 is 1.41 bits per heavy atom. The SMILES string of the molecule is Cc1cc(C(C)(C)C)cc(C)c1C[N+]12CCN(CC1)CC2.[Cl-]. The standard InChI is InChI=1S/C19H31N2.ClH/c1-15-12-17(19(3,4)5)13-16(2)18(15)14-21-9-6-20(7-10-21)8-11-21;/h12-13H,6-11,14H2,1-5H3;1H/q+1;/p-1. The summed E-state index contributed by atoms with van der Waals surface area (Å²) in [6.07, 6.45) is 0. The molecule has 0 saturated carbocycles. The van der Waals surface area contributed by atoms with Gasteiger partial charge in [-0.1, -0.05) is 32.9 Å². The topological polar surface area (TPSA) is 3.24 Å². The molecule has 0 aliphatic carbocycles. The number of hydrogen-bond donors (Lipinski definition) is 0. The van der Waals surface area contributed by atoms with Crippen LogP contribution in [-0.4, -0.2) is 48.7 Å². The molecular formula is C19H31ClN2. The molecule has 22 heavy (non-hydrogen) atoms. The molecule has 0 unspecified atom stereocenters. The number of piperazine rings is 3. The second-order valence-electron chi connectivity index (χ2n) is 8.35. The lowest BCUT2D eigenvalue weighted by Gasteiger charge is -2.51. The summed E-state index contributed by atoms with van der Waals surface area (Å²) in [4.78, 5) is 2.63. The molecule has 0 amide bonds. The fraction of sp³-hybridized carbons (Fsp3) is 0.684. The molecule has 3 aliphatic heterocycles. The van der Waals surface area contributed by atoms with E-state index in [0.29, 0.717) is 0 Å². The van der Waals surface area contributed by atoms with Crippen LogP contribution in [0.25, 0.3) is 0 Å². The summed E-state index contributed by atoms with van der Waals surface area (Å²) in [7, 11) is 0. The van der Waals surface area contributed by atoms with Crippen LogP contribution >= 0.6 is 0 Å². The Morgan fingerprint density at radius 3 is 1.82 bits per heavy atom. The van der Waals surface area contributed by atoms with E-state index in [-0.39, 0.29) is 17.8 Å². The van der Waals surface area contributed by atoms with Gasteiger partial charge in [0, 0.05) is 25.2 Å². The van der Waals surface area contributed by atoms with E-state index in [9.17, 15) is 0 Å². The van der Waals surface area contributed by atoms with Crippen molar-refractivity contribution in [2.75, 3.05) is 39.3 Å². The fourth-order valence-electron chi connectivity index (χ4n) is 3.98. The molecule has 0 aromatic heterocycles. The van der Waals surface area contributed by atoms with Crippen molar-refractivity contribution < 1.29 is 16.9 Å². The summed E-state index contributed by atoms with van der Waals surface area (Å²) in [6.45, 7) is 20.8. The molecule has 0 N–H and O–H groups in total. The number of hydrogen-bond acceptors (Lipinski definition) is 1. The van der Waals surface area contributed by atoms with Crippen molar-refractivity contribution in [3.63, 3.8) is 0 Å². The van der Waals surface area contributed by atoms with Crippen molar-refractivity contribution in [1.82, 2.24) is 4.90 Å². The molecule has 3 heterocycles. The predicted octanol–water partition coefficient (Wildman–Crippen LogP) is 0.251. The molecule has 0 spiro atoms. The summed E-state index contributed by atoms with van der Waals surface area (Å²) in [5.74, 6) is 0. The van der Waals surface area contributed by atoms with Crippen LogP contribution < -0.4 is 12.4 Å². The maximum Gasteiger partial charge on any atom is 0.105 e. The Morgan fingerprint density at radius 1 is 0.955 bits per heavy atom. The van der Waals surface area contributed by atoms with Crippen LogP contribution in [0.4, 0.5) is 0 Å². The highest BCUT2D eigenvalue weighted by Gasteiger charge is 2.38. The number of nitrogens with zero attached hydrogens (tertiary/aromatic N) is 2. The van der Waals surface area contributed by atoms with E-state index in [0.717, 1.165) is 0 Å². The summed E-state index contributed by atoms with van der Waals surface area (Å²) >= 11 is 0. The third-order valence-corrected chi connectivity index (χ3v) is 5.73. The number of benzene rings is 1. The second-order valence-corrected chi connectivity index (χ2v) is 8.35. The second kappa shape index (κ2) is 6.14. The third-order valence-electron chi connectivity index (χ3n) is 5.73. The first-order chi connectivity index (χ1) is 9.79. The van der Waals surface area contributed by atoms with E-state index in [4.69, 9.17) is 0 Å². The first-order valence-corrected chi connectivity index (χ1v) is 8.47. The van der Waals surface area contributed by atoms with Crippen LogP contribution in [0.5, 0.6) is 0 Å². The Bertz CT molecular complexity index is 500. The highest BCUT2D eigenvalue weighted by atomic mass is 35.5. The number of quaternary nitrogens is 1. The quantitative estimate of drug-likeness (QED) is 0.706. The van der Waals surface area contributed by atoms with Crippen molar-refractivity contribution in [2.45, 2.75) is 46.6 Å². The number of aryl methyl sites for hydroxylation is 2. The van der Waals surface area contributed by atoms with Gasteiger partial charge in [-0.25, -0.2) is 0 Å². The monoisotopic (exact) mass is 322 g/mol. The van der Waals surface area contributed by atoms with Crippen LogP contribution in [0.2, 0.25) is 0 Å². The average Bonchev–Trinajstić information content (AvgIpc) is 2.44. The molecule has 1 aromatic carbocycles. The minimum absolute atomic E-state index is 0. The van der Waals surface area contributed by atoms with Crippen LogP contribution in [-0.2, 0) is 12.0 Å². The molecule has 124 valence electrons. The lowest BCUT2D eigenvalue weighted by Crippen LogP contribution is -3.00. The van der Waals surface area contributed by atoms with Gasteiger partial charge in [0.1, 0.15) is 6.54 Å². The van der Waals surface area contributed by atoms with Crippen molar-refractivity contribution >= 4 is 0 Å². The van der Waals surface area contributed by atoms with Gasteiger partial charge in [0.15, 0.2) is 0 Å². The molecule has 1 aromatic rings. The van der Waals surface area contributed by atoms with Gasteiger partial charge >= 0.3 is 0 Å². The van der Waals surface area contributed by atoms with Gasteiger partial charge in [-0.3, -0.25) is 4.90 Å². The largest absolute Gasteiger partial charge is 1.00 e. The molecule has 3 aliphatic rings. The lowest BCUT2D eigenvalue weighted by atomic mass is 9.83. The minimum Gasteiger partial charge on any atom is -1.00 e. The van der Waals surface area contributed by atoms with Crippen LogP contribution in [0.3, 0.4) is 0 Å². The van der Waals surface area contributed by atoms with Crippen molar-refractivity contribution in [1.29, 1.82) is 0 Å². The summed E-state index contributed by atoms with van der Waals surface area (Å²) < 4.78 is 1.33. The molecule has 0 atom stereocenters. The Kier molecular flexibility index (Phi) is 4.97. The number of fused-ring (bicyclic) bond motifs is 3. The smallest absolute Gasteiger partial charge is 0.105 e. The van der Waals surface area contributed by atoms with E-state index in [1.807, 2.05) is 0 Å². The Hall–Kier alpha value is -0.570. The highest BCUT2D eigenvalue weighted by Crippen LogP contribution is 2.30. The van der Waals surface area contributed by atoms with E-state index in [1.54, 1.807) is 5.56 Å². The number of halogens is 1. The van der Waals surface area contributed by atoms with E-state index >= 15 is 0 Å². The molecule has 3 saturated heterocycles. The zero-order chi connectivity index (χ0) is 15.3. The molecular weight excluding hydrogens is 292 g/mol. The maximum absolute atomic E-state index is 2.63. The Labute approximate surface area is 142 Å². The molecule has 3 fully saturated rings. The van der Waals surface area contributed by atoms with Crippen molar-refractivity contribution in [2.24, 2.45) is 0 Å². The van der Waals surface area contributed by atoms with Gasteiger partial charge in [-0.15, -0.1) is 0 Å². The van der Waals surface area contributed by atoms with E-state index < -0.39 is 0 Å². The third kappa shape index (κ3) is 3.34. The van der Waals surface area contributed by atoms with Gasteiger partial charge in [0.2, 0.25) is 0 Å². The first-order valence-electron chi connectivity index (χ1n) is 8.47. The number of rotatable bonds is 2. The maximum atomic E-state index is 2.63. The first kappa shape index (κ1) is 17.8. The zero-order valence-electron chi connectivity index (χ0n) is 14.9. The van der Waals surface area contributed by atoms with Crippen molar-refractivity contribution in [3.8, 4) is 0 Å². The lowest BCUT2D eigenvalue weighted by molar-refractivity contribution is -0.953. The summed E-state index contributed by atoms with van der Waals surface area (Å²) in [5.41, 5.74) is 6.33. The molecule has 2 bridgehead atoms. The highest BCUT2D eigenvalue weighted by molar-refractivity contribution is 5.40. The van der Waals surface area contributed by atoms with Gasteiger partial charge in [0.05, 0.1) is 19.6 Å².